The molecule has 0 saturated heterocycles. The van der Waals surface area contributed by atoms with Crippen LogP contribution in [0.2, 0.25) is 0 Å². The number of hydrogen-bond acceptors (Lipinski definition) is 3. The fraction of sp³-hybridized carbons (Fsp3) is 0.0714. The molecule has 0 radical (unpaired) electrons. The molecule has 0 aromatic heterocycles. The van der Waals surface area contributed by atoms with Gasteiger partial charge >= 0.3 is 0 Å². The second kappa shape index (κ2) is 5.30. The summed E-state index contributed by atoms with van der Waals surface area (Å²) in [5, 5.41) is 11.6. The molecular weight excluding hydrogens is 229 g/mol. The molecule has 0 aliphatic heterocycles. The van der Waals surface area contributed by atoms with Gasteiger partial charge in [-0.1, -0.05) is 6.07 Å². The number of nitrogens with zero attached hydrogens (tertiary/aromatic N) is 1. The van der Waals surface area contributed by atoms with E-state index in [0.29, 0.717) is 17.8 Å². The zero-order valence-corrected chi connectivity index (χ0v) is 9.65. The third-order valence-corrected chi connectivity index (χ3v) is 2.56. The van der Waals surface area contributed by atoms with Crippen molar-refractivity contribution >= 4 is 11.4 Å². The van der Waals surface area contributed by atoms with Crippen LogP contribution < -0.4 is 11.1 Å². The van der Waals surface area contributed by atoms with Crippen LogP contribution in [0.1, 0.15) is 11.1 Å². The average Bonchev–Trinajstić information content (AvgIpc) is 2.42. The fourth-order valence-corrected chi connectivity index (χ4v) is 1.57. The molecule has 2 aromatic carbocycles. The summed E-state index contributed by atoms with van der Waals surface area (Å²) in [6.07, 6.45) is 0. The minimum Gasteiger partial charge on any atom is -0.353 e. The molecule has 0 saturated carbocycles. The van der Waals surface area contributed by atoms with Crippen molar-refractivity contribution in [2.24, 2.45) is 5.73 Å². The summed E-state index contributed by atoms with van der Waals surface area (Å²) in [6.45, 7) is 0.314. The summed E-state index contributed by atoms with van der Waals surface area (Å²) in [4.78, 5) is 0. The lowest BCUT2D eigenvalue weighted by atomic mass is 10.2. The molecule has 2 aromatic rings. The lowest BCUT2D eigenvalue weighted by Crippen LogP contribution is -1.99. The Morgan fingerprint density at radius 1 is 1.17 bits per heavy atom. The fourth-order valence-electron chi connectivity index (χ4n) is 1.57. The maximum Gasteiger partial charge on any atom is 0.146 e. The Morgan fingerprint density at radius 2 is 1.89 bits per heavy atom. The van der Waals surface area contributed by atoms with Crippen molar-refractivity contribution in [3.05, 3.63) is 59.4 Å². The van der Waals surface area contributed by atoms with Gasteiger partial charge in [0.2, 0.25) is 0 Å². The molecule has 0 aliphatic rings. The van der Waals surface area contributed by atoms with Gasteiger partial charge in [0.25, 0.3) is 0 Å². The van der Waals surface area contributed by atoms with E-state index in [1.54, 1.807) is 36.4 Å². The summed E-state index contributed by atoms with van der Waals surface area (Å²) in [5.74, 6) is -0.345. The van der Waals surface area contributed by atoms with Gasteiger partial charge in [-0.25, -0.2) is 4.39 Å². The van der Waals surface area contributed by atoms with Crippen LogP contribution in [0.5, 0.6) is 0 Å². The Kier molecular flexibility index (Phi) is 3.56. The van der Waals surface area contributed by atoms with Crippen LogP contribution in [0.3, 0.4) is 0 Å². The highest BCUT2D eigenvalue weighted by Gasteiger charge is 2.03. The molecular formula is C14H12FN3. The Labute approximate surface area is 105 Å². The van der Waals surface area contributed by atoms with Gasteiger partial charge in [0.15, 0.2) is 0 Å². The molecule has 0 amide bonds. The first-order valence-electron chi connectivity index (χ1n) is 5.48. The molecule has 2 rings (SSSR count). The Morgan fingerprint density at radius 3 is 2.44 bits per heavy atom. The quantitative estimate of drug-likeness (QED) is 0.868. The molecule has 90 valence electrons. The van der Waals surface area contributed by atoms with Crippen molar-refractivity contribution < 1.29 is 4.39 Å². The van der Waals surface area contributed by atoms with E-state index in [9.17, 15) is 4.39 Å². The van der Waals surface area contributed by atoms with Crippen molar-refractivity contribution in [3.8, 4) is 6.07 Å². The van der Waals surface area contributed by atoms with Gasteiger partial charge in [0, 0.05) is 12.2 Å². The topological polar surface area (TPSA) is 61.8 Å². The first-order valence-corrected chi connectivity index (χ1v) is 5.48. The van der Waals surface area contributed by atoms with Crippen LogP contribution in [0, 0.1) is 17.1 Å². The van der Waals surface area contributed by atoms with Gasteiger partial charge in [-0.05, 0) is 42.0 Å². The number of hydrogen-bond donors (Lipinski definition) is 2. The molecule has 0 unspecified atom stereocenters. The summed E-state index contributed by atoms with van der Waals surface area (Å²) < 4.78 is 13.7. The molecule has 0 bridgehead atoms. The minimum absolute atomic E-state index is 0.314. The smallest absolute Gasteiger partial charge is 0.146 e. The number of nitrogens with one attached hydrogen (secondary N) is 1. The second-order valence-electron chi connectivity index (χ2n) is 3.83. The van der Waals surface area contributed by atoms with Crippen LogP contribution in [-0.4, -0.2) is 0 Å². The van der Waals surface area contributed by atoms with Crippen molar-refractivity contribution in [2.45, 2.75) is 6.54 Å². The second-order valence-corrected chi connectivity index (χ2v) is 3.83. The molecule has 18 heavy (non-hydrogen) atoms. The molecule has 0 heterocycles. The van der Waals surface area contributed by atoms with E-state index in [0.717, 1.165) is 11.3 Å². The van der Waals surface area contributed by atoms with Gasteiger partial charge in [0.1, 0.15) is 5.82 Å². The van der Waals surface area contributed by atoms with E-state index in [4.69, 9.17) is 11.0 Å². The van der Waals surface area contributed by atoms with E-state index < -0.39 is 0 Å². The molecule has 0 aliphatic carbocycles. The molecule has 3 N–H and O–H groups in total. The zero-order valence-electron chi connectivity index (χ0n) is 9.65. The lowest BCUT2D eigenvalue weighted by Gasteiger charge is -2.08. The van der Waals surface area contributed by atoms with Crippen LogP contribution in [0.4, 0.5) is 15.8 Å². The van der Waals surface area contributed by atoms with Gasteiger partial charge in [-0.15, -0.1) is 0 Å². The molecule has 0 atom stereocenters. The first kappa shape index (κ1) is 12.1. The zero-order chi connectivity index (χ0) is 13.0. The van der Waals surface area contributed by atoms with Gasteiger partial charge in [-0.3, -0.25) is 0 Å². The van der Waals surface area contributed by atoms with Crippen molar-refractivity contribution in [3.63, 3.8) is 0 Å². The maximum absolute atomic E-state index is 13.7. The van der Waals surface area contributed by atoms with E-state index >= 15 is 0 Å². The summed E-state index contributed by atoms with van der Waals surface area (Å²) in [7, 11) is 0. The van der Waals surface area contributed by atoms with E-state index in [1.165, 1.54) is 6.07 Å². The Balaban J connectivity index is 2.20. The molecule has 4 heteroatoms. The average molecular weight is 241 g/mol. The Bertz CT molecular complexity index is 585. The van der Waals surface area contributed by atoms with E-state index in [1.807, 2.05) is 6.07 Å². The minimum atomic E-state index is -0.345. The predicted molar refractivity (Wildman–Crippen MR) is 68.7 cm³/mol. The summed E-state index contributed by atoms with van der Waals surface area (Å²) >= 11 is 0. The monoisotopic (exact) mass is 241 g/mol. The highest BCUT2D eigenvalue weighted by Crippen LogP contribution is 2.21. The van der Waals surface area contributed by atoms with Gasteiger partial charge in [0.05, 0.1) is 17.3 Å². The molecule has 0 fully saturated rings. The lowest BCUT2D eigenvalue weighted by molar-refractivity contribution is 0.629. The number of nitrogens with two attached hydrogens (primary N) is 1. The van der Waals surface area contributed by atoms with Crippen LogP contribution in [-0.2, 0) is 6.54 Å². The largest absolute Gasteiger partial charge is 0.353 e. The summed E-state index contributed by atoms with van der Waals surface area (Å²) in [6, 6.07) is 13.7. The normalized spacial score (nSPS) is 9.83. The van der Waals surface area contributed by atoms with Crippen LogP contribution >= 0.6 is 0 Å². The van der Waals surface area contributed by atoms with Crippen LogP contribution in [0.25, 0.3) is 0 Å². The van der Waals surface area contributed by atoms with Gasteiger partial charge in [-0.2, -0.15) is 5.26 Å². The van der Waals surface area contributed by atoms with Gasteiger partial charge < -0.3 is 11.1 Å². The number of rotatable bonds is 3. The predicted octanol–water partition coefficient (Wildman–Crippen LogP) is 2.90. The first-order chi connectivity index (χ1) is 8.72. The SMILES string of the molecule is N#Cc1ccc(Nc2ccc(CN)cc2F)cc1. The highest BCUT2D eigenvalue weighted by molar-refractivity contribution is 5.61. The van der Waals surface area contributed by atoms with Crippen molar-refractivity contribution in [1.82, 2.24) is 0 Å². The number of anilines is 2. The van der Waals surface area contributed by atoms with Crippen LogP contribution in [0.15, 0.2) is 42.5 Å². The third-order valence-electron chi connectivity index (χ3n) is 2.56. The third kappa shape index (κ3) is 2.65. The van der Waals surface area contributed by atoms with Crippen molar-refractivity contribution in [2.75, 3.05) is 5.32 Å². The molecule has 0 spiro atoms. The van der Waals surface area contributed by atoms with Crippen molar-refractivity contribution in [1.29, 1.82) is 5.26 Å². The van der Waals surface area contributed by atoms with E-state index in [2.05, 4.69) is 5.32 Å². The number of nitriles is 1. The highest BCUT2D eigenvalue weighted by atomic mass is 19.1. The number of benzene rings is 2. The maximum atomic E-state index is 13.7. The molecule has 3 nitrogen and oxygen atoms in total. The summed E-state index contributed by atoms with van der Waals surface area (Å²) in [5.41, 5.74) is 7.87. The van der Waals surface area contributed by atoms with E-state index in [-0.39, 0.29) is 5.82 Å². The Hall–Kier alpha value is -2.38. The standard InChI is InChI=1S/C14H12FN3/c15-13-7-11(9-17)3-6-14(13)18-12-4-1-10(8-16)2-5-12/h1-7,18H,9,17H2. The number of halogens is 1.